The molecule has 0 unspecified atom stereocenters. The maximum absolute atomic E-state index is 12.1. The van der Waals surface area contributed by atoms with Crippen LogP contribution in [0.15, 0.2) is 58.3 Å². The fourth-order valence-electron chi connectivity index (χ4n) is 1.42. The third-order valence-corrected chi connectivity index (χ3v) is 3.76. The fourth-order valence-corrected chi connectivity index (χ4v) is 2.46. The molecule has 0 spiro atoms. The van der Waals surface area contributed by atoms with Crippen molar-refractivity contribution in [2.75, 3.05) is 5.73 Å². The monoisotopic (exact) mass is 262 g/mol. The van der Waals surface area contributed by atoms with E-state index in [9.17, 15) is 14.3 Å². The maximum Gasteiger partial charge on any atom is 0.269 e. The second-order valence-corrected chi connectivity index (χ2v) is 5.07. The zero-order chi connectivity index (χ0) is 13.1. The van der Waals surface area contributed by atoms with Crippen LogP contribution in [-0.4, -0.2) is 9.13 Å². The molecule has 6 heteroatoms. The summed E-state index contributed by atoms with van der Waals surface area (Å²) in [5, 5.41) is 10.5. The van der Waals surface area contributed by atoms with Gasteiger partial charge in [-0.25, -0.2) is 4.21 Å². The summed E-state index contributed by atoms with van der Waals surface area (Å²) in [5.41, 5.74) is 6.12. The molecule has 2 rings (SSSR count). The van der Waals surface area contributed by atoms with Crippen LogP contribution in [0.5, 0.6) is 0 Å². The van der Waals surface area contributed by atoms with Crippen molar-refractivity contribution >= 4 is 22.2 Å². The summed E-state index contributed by atoms with van der Waals surface area (Å²) in [5.74, 6) is 0. The largest absolute Gasteiger partial charge is 0.399 e. The third kappa shape index (κ3) is 2.54. The van der Waals surface area contributed by atoms with E-state index in [4.69, 9.17) is 5.73 Å². The van der Waals surface area contributed by atoms with Crippen LogP contribution in [0.3, 0.4) is 0 Å². The van der Waals surface area contributed by atoms with Gasteiger partial charge in [0.1, 0.15) is 0 Å². The van der Waals surface area contributed by atoms with Crippen LogP contribution < -0.4 is 5.73 Å². The molecule has 0 aliphatic rings. The summed E-state index contributed by atoms with van der Waals surface area (Å²) >= 11 is 0. The van der Waals surface area contributed by atoms with E-state index < -0.39 is 15.7 Å². The summed E-state index contributed by atoms with van der Waals surface area (Å²) in [4.78, 5) is 11.1. The van der Waals surface area contributed by atoms with Crippen LogP contribution in [-0.2, 0) is 10.8 Å². The Morgan fingerprint density at radius 1 is 0.944 bits per heavy atom. The standard InChI is InChI=1S/C12H10N2O3S/c13-9-1-5-11(6-2-9)18(17)12-7-3-10(4-8-12)14(15)16/h1-8H,13H2/t18-/m0/s1. The van der Waals surface area contributed by atoms with E-state index in [0.29, 0.717) is 15.5 Å². The minimum absolute atomic E-state index is 0.0203. The van der Waals surface area contributed by atoms with Gasteiger partial charge in [-0.05, 0) is 36.4 Å². The summed E-state index contributed by atoms with van der Waals surface area (Å²) in [7, 11) is -1.35. The van der Waals surface area contributed by atoms with Crippen LogP contribution in [0.1, 0.15) is 0 Å². The highest BCUT2D eigenvalue weighted by atomic mass is 32.2. The predicted molar refractivity (Wildman–Crippen MR) is 68.6 cm³/mol. The number of anilines is 1. The molecule has 0 aliphatic heterocycles. The third-order valence-electron chi connectivity index (χ3n) is 2.36. The van der Waals surface area contributed by atoms with Crippen molar-refractivity contribution in [2.24, 2.45) is 0 Å². The molecule has 0 aromatic heterocycles. The van der Waals surface area contributed by atoms with Gasteiger partial charge in [-0.3, -0.25) is 10.1 Å². The molecule has 0 fully saturated rings. The first kappa shape index (κ1) is 12.3. The molecular formula is C12H10N2O3S. The van der Waals surface area contributed by atoms with Crippen LogP contribution in [0.4, 0.5) is 11.4 Å². The number of nitrogens with zero attached hydrogens (tertiary/aromatic N) is 1. The number of nitro groups is 1. The van der Waals surface area contributed by atoms with Gasteiger partial charge < -0.3 is 5.73 Å². The van der Waals surface area contributed by atoms with Crippen LogP contribution in [0, 0.1) is 10.1 Å². The van der Waals surface area contributed by atoms with Crippen molar-refractivity contribution in [1.29, 1.82) is 0 Å². The number of rotatable bonds is 3. The van der Waals surface area contributed by atoms with Gasteiger partial charge in [0.25, 0.3) is 5.69 Å². The Balaban J connectivity index is 2.28. The van der Waals surface area contributed by atoms with Crippen molar-refractivity contribution in [1.82, 2.24) is 0 Å². The molecular weight excluding hydrogens is 252 g/mol. The Morgan fingerprint density at radius 3 is 1.83 bits per heavy atom. The number of nitrogen functional groups attached to an aromatic ring is 1. The lowest BCUT2D eigenvalue weighted by molar-refractivity contribution is -0.384. The Labute approximate surface area is 106 Å². The average molecular weight is 262 g/mol. The Bertz CT molecular complexity index is 594. The van der Waals surface area contributed by atoms with E-state index in [-0.39, 0.29) is 5.69 Å². The van der Waals surface area contributed by atoms with E-state index in [1.165, 1.54) is 24.3 Å². The van der Waals surface area contributed by atoms with E-state index in [0.717, 1.165) is 0 Å². The van der Waals surface area contributed by atoms with Crippen molar-refractivity contribution in [3.05, 3.63) is 58.6 Å². The van der Waals surface area contributed by atoms with Crippen molar-refractivity contribution in [2.45, 2.75) is 9.79 Å². The van der Waals surface area contributed by atoms with Crippen LogP contribution in [0.2, 0.25) is 0 Å². The highest BCUT2D eigenvalue weighted by Gasteiger charge is 2.09. The van der Waals surface area contributed by atoms with Crippen molar-refractivity contribution < 1.29 is 9.13 Å². The molecule has 0 radical (unpaired) electrons. The van der Waals surface area contributed by atoms with Gasteiger partial charge in [-0.15, -0.1) is 0 Å². The number of hydrogen-bond donors (Lipinski definition) is 1. The SMILES string of the molecule is Nc1ccc([S@](=O)c2ccc([N+](=O)[O-])cc2)cc1. The molecule has 0 saturated heterocycles. The van der Waals surface area contributed by atoms with Gasteiger partial charge >= 0.3 is 0 Å². The molecule has 0 heterocycles. The molecule has 5 nitrogen and oxygen atoms in total. The van der Waals surface area contributed by atoms with Gasteiger partial charge in [-0.2, -0.15) is 0 Å². The summed E-state index contributed by atoms with van der Waals surface area (Å²) < 4.78 is 12.1. The fraction of sp³-hybridized carbons (Fsp3) is 0. The van der Waals surface area contributed by atoms with Gasteiger partial charge in [0.05, 0.1) is 15.7 Å². The highest BCUT2D eigenvalue weighted by molar-refractivity contribution is 7.85. The molecule has 2 aromatic rings. The smallest absolute Gasteiger partial charge is 0.269 e. The number of nitro benzene ring substituents is 1. The average Bonchev–Trinajstić information content (AvgIpc) is 2.39. The molecule has 0 bridgehead atoms. The number of nitrogens with two attached hydrogens (primary N) is 1. The highest BCUT2D eigenvalue weighted by Crippen LogP contribution is 2.20. The molecule has 2 N–H and O–H groups in total. The van der Waals surface area contributed by atoms with E-state index >= 15 is 0 Å². The number of hydrogen-bond acceptors (Lipinski definition) is 4. The van der Waals surface area contributed by atoms with Crippen molar-refractivity contribution in [3.63, 3.8) is 0 Å². The minimum atomic E-state index is -1.35. The molecule has 18 heavy (non-hydrogen) atoms. The molecule has 0 saturated carbocycles. The second kappa shape index (κ2) is 4.97. The quantitative estimate of drug-likeness (QED) is 0.522. The first-order chi connectivity index (χ1) is 8.58. The summed E-state index contributed by atoms with van der Waals surface area (Å²) in [6.07, 6.45) is 0. The second-order valence-electron chi connectivity index (χ2n) is 3.59. The van der Waals surface area contributed by atoms with E-state index in [1.54, 1.807) is 24.3 Å². The van der Waals surface area contributed by atoms with Gasteiger partial charge in [-0.1, -0.05) is 0 Å². The molecule has 0 aliphatic carbocycles. The summed E-state index contributed by atoms with van der Waals surface area (Å²) in [6, 6.07) is 12.3. The predicted octanol–water partition coefficient (Wildman–Crippen LogP) is 2.34. The maximum atomic E-state index is 12.1. The Hall–Kier alpha value is -2.21. The summed E-state index contributed by atoms with van der Waals surface area (Å²) in [6.45, 7) is 0. The minimum Gasteiger partial charge on any atom is -0.399 e. The normalized spacial score (nSPS) is 12.0. The number of non-ortho nitro benzene ring substituents is 1. The Kier molecular flexibility index (Phi) is 3.38. The van der Waals surface area contributed by atoms with Crippen LogP contribution in [0.25, 0.3) is 0 Å². The first-order valence-corrected chi connectivity index (χ1v) is 6.24. The molecule has 2 aromatic carbocycles. The molecule has 0 amide bonds. The lowest BCUT2D eigenvalue weighted by Gasteiger charge is -2.02. The van der Waals surface area contributed by atoms with Crippen LogP contribution >= 0.6 is 0 Å². The molecule has 92 valence electrons. The van der Waals surface area contributed by atoms with E-state index in [1.807, 2.05) is 0 Å². The van der Waals surface area contributed by atoms with Crippen molar-refractivity contribution in [3.8, 4) is 0 Å². The van der Waals surface area contributed by atoms with Gasteiger partial charge in [0.2, 0.25) is 0 Å². The topological polar surface area (TPSA) is 86.2 Å². The van der Waals surface area contributed by atoms with E-state index in [2.05, 4.69) is 0 Å². The lowest BCUT2D eigenvalue weighted by Crippen LogP contribution is -1.94. The number of benzene rings is 2. The zero-order valence-corrected chi connectivity index (χ0v) is 10.1. The first-order valence-electron chi connectivity index (χ1n) is 5.10. The lowest BCUT2D eigenvalue weighted by atomic mass is 10.3. The Morgan fingerprint density at radius 2 is 1.39 bits per heavy atom. The molecule has 1 atom stereocenters. The van der Waals surface area contributed by atoms with Gasteiger partial charge in [0, 0.05) is 27.6 Å². The van der Waals surface area contributed by atoms with Gasteiger partial charge in [0.15, 0.2) is 0 Å². The zero-order valence-electron chi connectivity index (χ0n) is 9.28.